The summed E-state index contributed by atoms with van der Waals surface area (Å²) in [5.74, 6) is 1.52. The molecule has 1 aromatic carbocycles. The first-order chi connectivity index (χ1) is 10.5. The van der Waals surface area contributed by atoms with Gasteiger partial charge in [-0.1, -0.05) is 12.1 Å². The van der Waals surface area contributed by atoms with Crippen molar-refractivity contribution in [3.8, 4) is 5.75 Å². The van der Waals surface area contributed by atoms with Crippen molar-refractivity contribution in [3.05, 3.63) is 50.5 Å². The molecule has 2 aromatic rings. The zero-order valence-electron chi connectivity index (χ0n) is 12.1. The molecule has 7 heteroatoms. The van der Waals surface area contributed by atoms with Gasteiger partial charge in [0.2, 0.25) is 0 Å². The van der Waals surface area contributed by atoms with E-state index in [-0.39, 0.29) is 0 Å². The molecular weight excluding hydrogens is 430 g/mol. The van der Waals surface area contributed by atoms with Gasteiger partial charge in [0.25, 0.3) is 0 Å². The predicted molar refractivity (Wildman–Crippen MR) is 100 cm³/mol. The van der Waals surface area contributed by atoms with Crippen molar-refractivity contribution in [3.63, 3.8) is 0 Å². The average Bonchev–Trinajstić information content (AvgIpc) is 2.54. The average molecular weight is 445 g/mol. The van der Waals surface area contributed by atoms with Crippen LogP contribution in [0.1, 0.15) is 11.1 Å². The lowest BCUT2D eigenvalue weighted by atomic mass is 10.2. The number of halogens is 2. The van der Waals surface area contributed by atoms with Crippen LogP contribution in [0.2, 0.25) is 0 Å². The smallest absolute Gasteiger partial charge is 0.172 e. The maximum atomic E-state index is 5.30. The first-order valence-corrected chi connectivity index (χ1v) is 8.49. The van der Waals surface area contributed by atoms with Crippen molar-refractivity contribution in [2.45, 2.75) is 13.5 Å². The highest BCUT2D eigenvalue weighted by atomic mass is 79.9. The Hall–Kier alpha value is -1.18. The summed E-state index contributed by atoms with van der Waals surface area (Å²) in [7, 11) is 1.65. The first-order valence-electron chi connectivity index (χ1n) is 6.49. The molecule has 4 nitrogen and oxygen atoms in total. The molecule has 0 fully saturated rings. The predicted octanol–water partition coefficient (Wildman–Crippen LogP) is 4.41. The summed E-state index contributed by atoms with van der Waals surface area (Å²) < 4.78 is 6.96. The molecule has 1 heterocycles. The number of hydrogen-bond donors (Lipinski definition) is 2. The standard InChI is InChI=1S/C15H15Br2N3OS/c1-9-12(16)8-18-14(13(9)17)20-15(22)19-7-10-3-5-11(21-2)6-4-10/h3-6,8H,7H2,1-2H3,(H2,18,19,20,22). The number of pyridine rings is 1. The van der Waals surface area contributed by atoms with E-state index >= 15 is 0 Å². The quantitative estimate of drug-likeness (QED) is 0.684. The van der Waals surface area contributed by atoms with E-state index in [4.69, 9.17) is 17.0 Å². The van der Waals surface area contributed by atoms with Gasteiger partial charge in [-0.2, -0.15) is 0 Å². The Morgan fingerprint density at radius 2 is 1.95 bits per heavy atom. The molecule has 0 atom stereocenters. The Morgan fingerprint density at radius 3 is 2.59 bits per heavy atom. The van der Waals surface area contributed by atoms with E-state index in [1.807, 2.05) is 31.2 Å². The number of hydrogen-bond acceptors (Lipinski definition) is 3. The third-order valence-electron chi connectivity index (χ3n) is 3.05. The molecule has 0 aliphatic rings. The molecule has 0 saturated carbocycles. The highest BCUT2D eigenvalue weighted by Crippen LogP contribution is 2.29. The van der Waals surface area contributed by atoms with Gasteiger partial charge in [0.1, 0.15) is 11.6 Å². The van der Waals surface area contributed by atoms with Crippen molar-refractivity contribution in [1.82, 2.24) is 10.3 Å². The number of nitrogens with zero attached hydrogens (tertiary/aromatic N) is 1. The second-order valence-corrected chi connectivity index (χ2v) is 6.61. The van der Waals surface area contributed by atoms with Gasteiger partial charge in [-0.05, 0) is 74.3 Å². The SMILES string of the molecule is COc1ccc(CNC(=S)Nc2ncc(Br)c(C)c2Br)cc1. The first kappa shape index (κ1) is 17.2. The van der Waals surface area contributed by atoms with Crippen molar-refractivity contribution in [2.75, 3.05) is 12.4 Å². The molecule has 2 rings (SSSR count). The lowest BCUT2D eigenvalue weighted by Gasteiger charge is -2.13. The summed E-state index contributed by atoms with van der Waals surface area (Å²) in [5.41, 5.74) is 2.18. The minimum Gasteiger partial charge on any atom is -0.497 e. The zero-order valence-corrected chi connectivity index (χ0v) is 16.1. The lowest BCUT2D eigenvalue weighted by molar-refractivity contribution is 0.414. The number of thiocarbonyl (C=S) groups is 1. The Kier molecular flexibility index (Phi) is 6.16. The van der Waals surface area contributed by atoms with Crippen LogP contribution < -0.4 is 15.4 Å². The number of anilines is 1. The topological polar surface area (TPSA) is 46.2 Å². The van der Waals surface area contributed by atoms with Gasteiger partial charge in [-0.25, -0.2) is 4.98 Å². The van der Waals surface area contributed by atoms with Gasteiger partial charge in [-0.3, -0.25) is 0 Å². The third-order valence-corrected chi connectivity index (χ3v) is 5.06. The van der Waals surface area contributed by atoms with Crippen molar-refractivity contribution >= 4 is 55.0 Å². The highest BCUT2D eigenvalue weighted by molar-refractivity contribution is 9.11. The number of rotatable bonds is 4. The summed E-state index contributed by atoms with van der Waals surface area (Å²) in [6, 6.07) is 7.83. The van der Waals surface area contributed by atoms with Crippen molar-refractivity contribution in [1.29, 1.82) is 0 Å². The molecule has 116 valence electrons. The second kappa shape index (κ2) is 7.89. The Labute approximate surface area is 151 Å². The van der Waals surface area contributed by atoms with E-state index in [9.17, 15) is 0 Å². The fraction of sp³-hybridized carbons (Fsp3) is 0.200. The summed E-state index contributed by atoms with van der Waals surface area (Å²) in [6.07, 6.45) is 1.74. The van der Waals surface area contributed by atoms with Crippen LogP contribution in [0.4, 0.5) is 5.82 Å². The van der Waals surface area contributed by atoms with E-state index in [2.05, 4.69) is 47.5 Å². The molecule has 0 radical (unpaired) electrons. The molecule has 0 saturated heterocycles. The molecule has 0 aliphatic carbocycles. The number of aromatic nitrogens is 1. The van der Waals surface area contributed by atoms with E-state index in [1.165, 1.54) is 0 Å². The van der Waals surface area contributed by atoms with Crippen LogP contribution in [0, 0.1) is 6.92 Å². The fourth-order valence-electron chi connectivity index (χ4n) is 1.72. The summed E-state index contributed by atoms with van der Waals surface area (Å²) in [6.45, 7) is 2.62. The van der Waals surface area contributed by atoms with Crippen LogP contribution in [0.25, 0.3) is 0 Å². The Balaban J connectivity index is 1.94. The molecule has 0 aliphatic heterocycles. The Morgan fingerprint density at radius 1 is 1.27 bits per heavy atom. The van der Waals surface area contributed by atoms with Crippen LogP contribution in [0.3, 0.4) is 0 Å². The number of benzene rings is 1. The maximum Gasteiger partial charge on any atom is 0.172 e. The molecule has 0 unspecified atom stereocenters. The fourth-order valence-corrected chi connectivity index (χ4v) is 2.87. The third kappa shape index (κ3) is 4.41. The van der Waals surface area contributed by atoms with Crippen LogP contribution in [-0.4, -0.2) is 17.2 Å². The van der Waals surface area contributed by atoms with E-state index in [0.717, 1.165) is 25.8 Å². The number of methoxy groups -OCH3 is 1. The van der Waals surface area contributed by atoms with Gasteiger partial charge in [-0.15, -0.1) is 0 Å². The summed E-state index contributed by atoms with van der Waals surface area (Å²) in [5, 5.41) is 6.76. The molecular formula is C15H15Br2N3OS. The van der Waals surface area contributed by atoms with Gasteiger partial charge < -0.3 is 15.4 Å². The molecule has 0 amide bonds. The van der Waals surface area contributed by atoms with Gasteiger partial charge in [0, 0.05) is 17.2 Å². The largest absolute Gasteiger partial charge is 0.497 e. The summed E-state index contributed by atoms with van der Waals surface area (Å²) >= 11 is 12.3. The van der Waals surface area contributed by atoms with Crippen LogP contribution in [-0.2, 0) is 6.54 Å². The molecule has 0 bridgehead atoms. The number of nitrogens with one attached hydrogen (secondary N) is 2. The van der Waals surface area contributed by atoms with E-state index < -0.39 is 0 Å². The van der Waals surface area contributed by atoms with Gasteiger partial charge in [0.05, 0.1) is 11.6 Å². The van der Waals surface area contributed by atoms with Gasteiger partial charge in [0.15, 0.2) is 5.11 Å². The number of ether oxygens (including phenoxy) is 1. The summed E-state index contributed by atoms with van der Waals surface area (Å²) in [4.78, 5) is 4.31. The highest BCUT2D eigenvalue weighted by Gasteiger charge is 2.09. The van der Waals surface area contributed by atoms with E-state index in [1.54, 1.807) is 13.3 Å². The maximum absolute atomic E-state index is 5.30. The minimum absolute atomic E-state index is 0.519. The van der Waals surface area contributed by atoms with Crippen LogP contribution in [0.15, 0.2) is 39.4 Å². The van der Waals surface area contributed by atoms with E-state index in [0.29, 0.717) is 17.5 Å². The molecule has 22 heavy (non-hydrogen) atoms. The zero-order chi connectivity index (χ0) is 16.1. The molecule has 1 aromatic heterocycles. The molecule has 2 N–H and O–H groups in total. The Bertz CT molecular complexity index is 677. The van der Waals surface area contributed by atoms with Crippen molar-refractivity contribution in [2.24, 2.45) is 0 Å². The van der Waals surface area contributed by atoms with Crippen molar-refractivity contribution < 1.29 is 4.74 Å². The monoisotopic (exact) mass is 443 g/mol. The van der Waals surface area contributed by atoms with Crippen LogP contribution in [0.5, 0.6) is 5.75 Å². The van der Waals surface area contributed by atoms with Crippen LogP contribution >= 0.6 is 44.1 Å². The van der Waals surface area contributed by atoms with Gasteiger partial charge >= 0.3 is 0 Å². The molecule has 0 spiro atoms. The minimum atomic E-state index is 0.519. The lowest BCUT2D eigenvalue weighted by Crippen LogP contribution is -2.28. The second-order valence-electron chi connectivity index (χ2n) is 4.55. The normalized spacial score (nSPS) is 10.2.